The van der Waals surface area contributed by atoms with E-state index >= 15 is 0 Å². The normalized spacial score (nSPS) is 13.0. The van der Waals surface area contributed by atoms with Crippen LogP contribution in [0.3, 0.4) is 0 Å². The summed E-state index contributed by atoms with van der Waals surface area (Å²) < 4.78 is 7.50. The molecule has 0 radical (unpaired) electrons. The second-order valence-electron chi connectivity index (χ2n) is 17.1. The van der Waals surface area contributed by atoms with Crippen LogP contribution in [0.15, 0.2) is 155 Å². The van der Waals surface area contributed by atoms with E-state index in [1.54, 1.807) is 0 Å². The van der Waals surface area contributed by atoms with Gasteiger partial charge >= 0.3 is 11.4 Å². The van der Waals surface area contributed by atoms with Crippen LogP contribution in [0.5, 0.6) is 0 Å². The van der Waals surface area contributed by atoms with Gasteiger partial charge in [0.25, 0.3) is 0 Å². The molecule has 0 saturated carbocycles. The third-order valence-corrected chi connectivity index (χ3v) is 13.3. The molecule has 0 aliphatic heterocycles. The summed E-state index contributed by atoms with van der Waals surface area (Å²) in [5, 5.41) is 0. The predicted octanol–water partition coefficient (Wildman–Crippen LogP) is 13.6. The Morgan fingerprint density at radius 2 is 0.689 bits per heavy atom. The van der Waals surface area contributed by atoms with Crippen molar-refractivity contribution in [3.8, 4) is 33.9 Å². The van der Waals surface area contributed by atoms with Crippen LogP contribution in [-0.2, 0) is 5.41 Å². The molecule has 9 rings (SSSR count). The zero-order valence-corrected chi connectivity index (χ0v) is 35.9. The summed E-state index contributed by atoms with van der Waals surface area (Å²) >= 11 is 0. The lowest BCUT2D eigenvalue weighted by Gasteiger charge is -2.33. The summed E-state index contributed by atoms with van der Waals surface area (Å²) in [4.78, 5) is 29.4. The van der Waals surface area contributed by atoms with E-state index in [9.17, 15) is 9.59 Å². The standard InChI is InChI=1S/C55H58N4O2/c1-3-5-7-9-11-23-37-55(38-24-12-10-8-6-4-2)47-39-43(58-51-31-21-19-29-49(51)56(53(58)60)41-25-15-13-16-26-41)33-35-45(47)46-36-34-44(40-48(46)55)59-52-32-22-20-30-50(52)57(54(59)61)42-27-17-14-18-28-42/h13-22,25-36,39-40H,3-12,23-24,37-38H2,1-2H3. The number of unbranched alkanes of at least 4 members (excludes halogenated alkanes) is 10. The van der Waals surface area contributed by atoms with Crippen LogP contribution >= 0.6 is 0 Å². The van der Waals surface area contributed by atoms with Crippen LogP contribution in [0.4, 0.5) is 0 Å². The molecule has 0 amide bonds. The first-order valence-electron chi connectivity index (χ1n) is 22.9. The second-order valence-corrected chi connectivity index (χ2v) is 17.1. The monoisotopic (exact) mass is 806 g/mol. The van der Waals surface area contributed by atoms with E-state index in [0.29, 0.717) is 0 Å². The average molecular weight is 807 g/mol. The lowest BCUT2D eigenvalue weighted by Crippen LogP contribution is -2.27. The maximum absolute atomic E-state index is 14.7. The molecule has 0 unspecified atom stereocenters. The van der Waals surface area contributed by atoms with Gasteiger partial charge in [0, 0.05) is 5.41 Å². The van der Waals surface area contributed by atoms with E-state index < -0.39 is 0 Å². The number of hydrogen-bond acceptors (Lipinski definition) is 2. The molecule has 1 aliphatic carbocycles. The highest BCUT2D eigenvalue weighted by molar-refractivity contribution is 5.86. The van der Waals surface area contributed by atoms with Gasteiger partial charge in [0.2, 0.25) is 0 Å². The van der Waals surface area contributed by atoms with Crippen molar-refractivity contribution in [2.75, 3.05) is 0 Å². The molecule has 6 heteroatoms. The van der Waals surface area contributed by atoms with Gasteiger partial charge in [0.05, 0.1) is 44.8 Å². The van der Waals surface area contributed by atoms with E-state index in [1.807, 2.05) is 115 Å². The zero-order valence-electron chi connectivity index (χ0n) is 35.9. The smallest absolute Gasteiger partial charge is 0.260 e. The molecule has 8 aromatic rings. The highest BCUT2D eigenvalue weighted by Crippen LogP contribution is 2.55. The number of para-hydroxylation sites is 6. The van der Waals surface area contributed by atoms with Crippen LogP contribution in [0.25, 0.3) is 55.9 Å². The summed E-state index contributed by atoms with van der Waals surface area (Å²) in [5.41, 5.74) is 11.7. The Kier molecular flexibility index (Phi) is 11.8. The Morgan fingerprint density at radius 3 is 1.07 bits per heavy atom. The third-order valence-electron chi connectivity index (χ3n) is 13.3. The molecule has 0 N–H and O–H groups in total. The fourth-order valence-corrected chi connectivity index (χ4v) is 10.3. The molecular formula is C55H58N4O2. The van der Waals surface area contributed by atoms with Crippen molar-refractivity contribution in [2.45, 2.75) is 109 Å². The van der Waals surface area contributed by atoms with Gasteiger partial charge in [-0.25, -0.2) is 9.59 Å². The van der Waals surface area contributed by atoms with Gasteiger partial charge in [-0.05, 0) is 108 Å². The number of aromatic nitrogens is 4. The molecule has 0 atom stereocenters. The van der Waals surface area contributed by atoms with Gasteiger partial charge in [0.15, 0.2) is 0 Å². The molecule has 6 aromatic carbocycles. The molecular weight excluding hydrogens is 749 g/mol. The van der Waals surface area contributed by atoms with Gasteiger partial charge in [0.1, 0.15) is 0 Å². The van der Waals surface area contributed by atoms with Crippen LogP contribution in [0.2, 0.25) is 0 Å². The number of benzene rings is 6. The molecule has 0 fully saturated rings. The fourth-order valence-electron chi connectivity index (χ4n) is 10.3. The number of imidazole rings is 2. The van der Waals surface area contributed by atoms with Crippen molar-refractivity contribution in [3.63, 3.8) is 0 Å². The van der Waals surface area contributed by atoms with Gasteiger partial charge < -0.3 is 0 Å². The molecule has 1 aliphatic rings. The summed E-state index contributed by atoms with van der Waals surface area (Å²) in [5.74, 6) is 0. The molecule has 61 heavy (non-hydrogen) atoms. The van der Waals surface area contributed by atoms with Crippen molar-refractivity contribution in [2.24, 2.45) is 0 Å². The highest BCUT2D eigenvalue weighted by Gasteiger charge is 2.43. The van der Waals surface area contributed by atoms with Gasteiger partial charge in [-0.2, -0.15) is 0 Å². The largest absolute Gasteiger partial charge is 0.338 e. The average Bonchev–Trinajstić information content (AvgIpc) is 3.87. The lowest BCUT2D eigenvalue weighted by molar-refractivity contribution is 0.397. The summed E-state index contributed by atoms with van der Waals surface area (Å²) in [6.07, 6.45) is 16.7. The maximum Gasteiger partial charge on any atom is 0.338 e. The van der Waals surface area contributed by atoms with Crippen molar-refractivity contribution >= 4 is 22.1 Å². The molecule has 0 saturated heterocycles. The van der Waals surface area contributed by atoms with Crippen molar-refractivity contribution in [1.29, 1.82) is 0 Å². The molecule has 6 nitrogen and oxygen atoms in total. The van der Waals surface area contributed by atoms with Crippen molar-refractivity contribution < 1.29 is 0 Å². The number of hydrogen-bond donors (Lipinski definition) is 0. The maximum atomic E-state index is 14.7. The first kappa shape index (κ1) is 40.3. The number of nitrogens with zero attached hydrogens (tertiary/aromatic N) is 4. The SMILES string of the molecule is CCCCCCCCC1(CCCCCCCC)c2cc(-n3c(=O)n(-c4ccccc4)c4ccccc43)ccc2-c2ccc(-n3c(=O)n(-c4ccccc4)c4ccccc43)cc21. The Bertz CT molecular complexity index is 2700. The minimum absolute atomic E-state index is 0.0724. The minimum atomic E-state index is -0.283. The second kappa shape index (κ2) is 17.8. The summed E-state index contributed by atoms with van der Waals surface area (Å²) in [6.45, 7) is 4.56. The van der Waals surface area contributed by atoms with Gasteiger partial charge in [-0.3, -0.25) is 18.3 Å². The van der Waals surface area contributed by atoms with Crippen molar-refractivity contribution in [1.82, 2.24) is 18.3 Å². The van der Waals surface area contributed by atoms with Crippen LogP contribution in [-0.4, -0.2) is 18.3 Å². The molecule has 310 valence electrons. The first-order chi connectivity index (χ1) is 30.1. The van der Waals surface area contributed by atoms with E-state index in [1.165, 1.54) is 86.5 Å². The quantitative estimate of drug-likeness (QED) is 0.0811. The third kappa shape index (κ3) is 7.41. The number of fused-ring (bicyclic) bond motifs is 5. The van der Waals surface area contributed by atoms with E-state index in [4.69, 9.17) is 0 Å². The van der Waals surface area contributed by atoms with Gasteiger partial charge in [-0.15, -0.1) is 0 Å². The summed E-state index contributed by atoms with van der Waals surface area (Å²) in [6, 6.07) is 49.7. The molecule has 0 bridgehead atoms. The van der Waals surface area contributed by atoms with Crippen molar-refractivity contribution in [3.05, 3.63) is 178 Å². The highest BCUT2D eigenvalue weighted by atomic mass is 16.2. The lowest BCUT2D eigenvalue weighted by atomic mass is 9.70. The molecule has 2 heterocycles. The van der Waals surface area contributed by atoms with Crippen LogP contribution in [0.1, 0.15) is 115 Å². The molecule has 2 aromatic heterocycles. The van der Waals surface area contributed by atoms with Crippen LogP contribution in [0, 0.1) is 0 Å². The Morgan fingerprint density at radius 1 is 0.361 bits per heavy atom. The van der Waals surface area contributed by atoms with E-state index in [0.717, 1.165) is 70.5 Å². The minimum Gasteiger partial charge on any atom is -0.260 e. The summed E-state index contributed by atoms with van der Waals surface area (Å²) in [7, 11) is 0. The Balaban J connectivity index is 1.22. The van der Waals surface area contributed by atoms with E-state index in [-0.39, 0.29) is 16.8 Å². The van der Waals surface area contributed by atoms with Crippen LogP contribution < -0.4 is 11.4 Å². The molecule has 0 spiro atoms. The fraction of sp³-hybridized carbons (Fsp3) is 0.309. The Hall–Kier alpha value is -6.14. The Labute approximate surface area is 359 Å². The number of rotatable bonds is 18. The van der Waals surface area contributed by atoms with Gasteiger partial charge in [-0.1, -0.05) is 164 Å². The topological polar surface area (TPSA) is 53.9 Å². The zero-order chi connectivity index (χ0) is 41.8. The first-order valence-corrected chi connectivity index (χ1v) is 22.9. The van der Waals surface area contributed by atoms with E-state index in [2.05, 4.69) is 62.4 Å². The predicted molar refractivity (Wildman–Crippen MR) is 254 cm³/mol.